The number of carbonyl (C=O) groups is 2. The summed E-state index contributed by atoms with van der Waals surface area (Å²) in [6.45, 7) is 0. The van der Waals surface area contributed by atoms with Crippen LogP contribution in [0.1, 0.15) is 21.7 Å². The average Bonchev–Trinajstić information content (AvgIpc) is 3.31. The predicted octanol–water partition coefficient (Wildman–Crippen LogP) is 3.14. The van der Waals surface area contributed by atoms with Gasteiger partial charge in [0.1, 0.15) is 10.5 Å². The van der Waals surface area contributed by atoms with E-state index in [4.69, 9.17) is 26.1 Å². The van der Waals surface area contributed by atoms with E-state index in [-0.39, 0.29) is 37.6 Å². The molecule has 11 nitrogen and oxygen atoms in total. The summed E-state index contributed by atoms with van der Waals surface area (Å²) in [6.07, 6.45) is 2.47. The lowest BCUT2D eigenvalue weighted by Gasteiger charge is -2.12. The number of ether oxygens (including phenoxy) is 2. The highest BCUT2D eigenvalue weighted by atomic mass is 32.2. The first-order chi connectivity index (χ1) is 14.8. The molecule has 1 aromatic heterocycles. The number of methoxy groups -OCH3 is 2. The van der Waals surface area contributed by atoms with Crippen LogP contribution in [0.4, 0.5) is 5.88 Å². The lowest BCUT2D eigenvalue weighted by atomic mass is 10.0. The molecule has 1 amide bonds. The van der Waals surface area contributed by atoms with Crippen molar-refractivity contribution in [3.63, 3.8) is 0 Å². The first-order valence-corrected chi connectivity index (χ1v) is 9.53. The SMILES string of the molecule is COc1ccc(/C=C2/SC(=S)N(/N=C/c3ccc([N+](=O)[O-])o3)C2=O)c(C(=O)O)c1OC. The third kappa shape index (κ3) is 4.41. The number of thiocarbonyl (C=S) groups is 1. The molecular formula is C18H13N3O8S2. The number of aromatic carboxylic acids is 1. The molecule has 0 aliphatic carbocycles. The Morgan fingerprint density at radius 2 is 2.06 bits per heavy atom. The molecule has 0 spiro atoms. The maximum atomic E-state index is 12.7. The van der Waals surface area contributed by atoms with E-state index < -0.39 is 22.7 Å². The van der Waals surface area contributed by atoms with Gasteiger partial charge in [-0.25, -0.2) is 4.79 Å². The van der Waals surface area contributed by atoms with Crippen LogP contribution in [-0.2, 0) is 4.79 Å². The van der Waals surface area contributed by atoms with Gasteiger partial charge in [0.05, 0.1) is 31.4 Å². The van der Waals surface area contributed by atoms with Crippen molar-refractivity contribution in [2.45, 2.75) is 0 Å². The number of carboxylic acid groups (broad SMARTS) is 1. The van der Waals surface area contributed by atoms with E-state index in [0.29, 0.717) is 0 Å². The molecule has 0 bridgehead atoms. The molecule has 1 aromatic carbocycles. The van der Waals surface area contributed by atoms with Crippen molar-refractivity contribution in [2.24, 2.45) is 5.10 Å². The van der Waals surface area contributed by atoms with Crippen LogP contribution in [0.15, 0.2) is 38.7 Å². The van der Waals surface area contributed by atoms with Gasteiger partial charge in [0.15, 0.2) is 21.6 Å². The first-order valence-electron chi connectivity index (χ1n) is 8.31. The van der Waals surface area contributed by atoms with Gasteiger partial charge in [0.25, 0.3) is 5.91 Å². The van der Waals surface area contributed by atoms with Crippen molar-refractivity contribution in [1.29, 1.82) is 0 Å². The number of nitrogens with zero attached hydrogens (tertiary/aromatic N) is 3. The Balaban J connectivity index is 1.92. The van der Waals surface area contributed by atoms with Crippen LogP contribution in [0, 0.1) is 10.1 Å². The van der Waals surface area contributed by atoms with E-state index in [1.807, 2.05) is 0 Å². The summed E-state index contributed by atoms with van der Waals surface area (Å²) in [6, 6.07) is 5.45. The monoisotopic (exact) mass is 463 g/mol. The van der Waals surface area contributed by atoms with Crippen LogP contribution in [-0.4, -0.2) is 51.7 Å². The summed E-state index contributed by atoms with van der Waals surface area (Å²) >= 11 is 6.08. The molecule has 1 saturated heterocycles. The topological polar surface area (TPSA) is 145 Å². The number of hydrazone groups is 1. The summed E-state index contributed by atoms with van der Waals surface area (Å²) in [5.74, 6) is -2.05. The summed E-state index contributed by atoms with van der Waals surface area (Å²) in [4.78, 5) is 34.6. The van der Waals surface area contributed by atoms with Crippen molar-refractivity contribution in [3.8, 4) is 11.5 Å². The average molecular weight is 463 g/mol. The van der Waals surface area contributed by atoms with Crippen LogP contribution < -0.4 is 9.47 Å². The van der Waals surface area contributed by atoms with Crippen LogP contribution in [0.25, 0.3) is 6.08 Å². The lowest BCUT2D eigenvalue weighted by Crippen LogP contribution is -2.22. The number of hydrogen-bond donors (Lipinski definition) is 1. The maximum Gasteiger partial charge on any atom is 0.433 e. The number of carbonyl (C=O) groups excluding carboxylic acids is 1. The molecule has 1 aliphatic heterocycles. The van der Waals surface area contributed by atoms with Crippen LogP contribution in [0.5, 0.6) is 11.5 Å². The maximum absolute atomic E-state index is 12.7. The summed E-state index contributed by atoms with van der Waals surface area (Å²) < 4.78 is 15.3. The fourth-order valence-corrected chi connectivity index (χ4v) is 3.77. The number of benzene rings is 1. The van der Waals surface area contributed by atoms with E-state index in [0.717, 1.165) is 29.1 Å². The Morgan fingerprint density at radius 3 is 2.65 bits per heavy atom. The van der Waals surface area contributed by atoms with Crippen LogP contribution in [0.3, 0.4) is 0 Å². The summed E-state index contributed by atoms with van der Waals surface area (Å²) in [5.41, 5.74) is 0.0230. The molecule has 3 rings (SSSR count). The van der Waals surface area contributed by atoms with Gasteiger partial charge in [-0.05, 0) is 36.0 Å². The highest BCUT2D eigenvalue weighted by molar-refractivity contribution is 8.26. The zero-order chi connectivity index (χ0) is 22.7. The van der Waals surface area contributed by atoms with Crippen molar-refractivity contribution in [1.82, 2.24) is 5.01 Å². The van der Waals surface area contributed by atoms with Gasteiger partial charge in [-0.2, -0.15) is 10.1 Å². The number of nitro groups is 1. The standard InChI is InChI=1S/C18H13N3O8S2/c1-27-11-5-3-9(14(17(23)24)15(11)28-2)7-12-16(22)20(18(30)31-12)19-8-10-4-6-13(29-10)21(25)26/h3-8H,1-2H3,(H,23,24)/b12-7+,19-8+. The van der Waals surface area contributed by atoms with Crippen molar-refractivity contribution in [2.75, 3.05) is 14.2 Å². The predicted molar refractivity (Wildman–Crippen MR) is 114 cm³/mol. The molecule has 1 N–H and O–H groups in total. The summed E-state index contributed by atoms with van der Waals surface area (Å²) in [7, 11) is 2.68. The second-order valence-corrected chi connectivity index (χ2v) is 7.42. The molecular weight excluding hydrogens is 450 g/mol. The van der Waals surface area contributed by atoms with Crippen molar-refractivity contribution < 1.29 is 33.5 Å². The quantitative estimate of drug-likeness (QED) is 0.214. The largest absolute Gasteiger partial charge is 0.493 e. The van der Waals surface area contributed by atoms with Crippen molar-refractivity contribution in [3.05, 3.63) is 56.2 Å². The molecule has 2 heterocycles. The highest BCUT2D eigenvalue weighted by Crippen LogP contribution is 2.38. The number of carboxylic acids is 1. The smallest absolute Gasteiger partial charge is 0.433 e. The van der Waals surface area contributed by atoms with Crippen LogP contribution in [0.2, 0.25) is 0 Å². The van der Waals surface area contributed by atoms with Gasteiger partial charge in [-0.1, -0.05) is 17.8 Å². The zero-order valence-electron chi connectivity index (χ0n) is 15.9. The van der Waals surface area contributed by atoms with E-state index in [1.165, 1.54) is 38.5 Å². The third-order valence-corrected chi connectivity index (χ3v) is 5.23. The minimum atomic E-state index is -1.27. The lowest BCUT2D eigenvalue weighted by molar-refractivity contribution is -0.402. The van der Waals surface area contributed by atoms with Crippen LogP contribution >= 0.6 is 24.0 Å². The Labute approximate surface area is 184 Å². The molecule has 0 atom stereocenters. The number of amides is 1. The van der Waals surface area contributed by atoms with E-state index in [9.17, 15) is 24.8 Å². The fourth-order valence-electron chi connectivity index (χ4n) is 2.61. The minimum Gasteiger partial charge on any atom is -0.493 e. The highest BCUT2D eigenvalue weighted by Gasteiger charge is 2.33. The molecule has 2 aromatic rings. The zero-order valence-corrected chi connectivity index (χ0v) is 17.6. The molecule has 31 heavy (non-hydrogen) atoms. The molecule has 0 radical (unpaired) electrons. The van der Waals surface area contributed by atoms with Gasteiger partial charge in [0.2, 0.25) is 0 Å². The van der Waals surface area contributed by atoms with Crippen molar-refractivity contribution >= 4 is 58.4 Å². The third-order valence-electron chi connectivity index (χ3n) is 3.94. The van der Waals surface area contributed by atoms with Gasteiger partial charge in [-0.3, -0.25) is 14.9 Å². The number of rotatable bonds is 7. The molecule has 160 valence electrons. The molecule has 0 unspecified atom stereocenters. The summed E-state index contributed by atoms with van der Waals surface area (Å²) in [5, 5.41) is 25.1. The Kier molecular flexibility index (Phi) is 6.36. The fraction of sp³-hybridized carbons (Fsp3) is 0.111. The number of hydrogen-bond acceptors (Lipinski definition) is 10. The molecule has 1 aliphatic rings. The van der Waals surface area contributed by atoms with E-state index >= 15 is 0 Å². The van der Waals surface area contributed by atoms with E-state index in [2.05, 4.69) is 5.10 Å². The van der Waals surface area contributed by atoms with E-state index in [1.54, 1.807) is 0 Å². The van der Waals surface area contributed by atoms with Gasteiger partial charge < -0.3 is 19.0 Å². The molecule has 1 fully saturated rings. The van der Waals surface area contributed by atoms with Gasteiger partial charge >= 0.3 is 11.9 Å². The molecule has 13 heteroatoms. The minimum absolute atomic E-state index is 0.0108. The number of furan rings is 1. The van der Waals surface area contributed by atoms with Gasteiger partial charge in [-0.15, -0.1) is 0 Å². The Hall–Kier alpha value is -3.71. The second-order valence-electron chi connectivity index (χ2n) is 5.74. The molecule has 0 saturated carbocycles. The number of thioether (sulfide) groups is 1. The Bertz CT molecular complexity index is 1150. The normalized spacial score (nSPS) is 15.2. The van der Waals surface area contributed by atoms with Gasteiger partial charge in [0, 0.05) is 0 Å². The Morgan fingerprint density at radius 1 is 1.32 bits per heavy atom. The second kappa shape index (κ2) is 8.97. The first kappa shape index (κ1) is 22.0.